The molecule has 1 amide bonds. The summed E-state index contributed by atoms with van der Waals surface area (Å²) in [7, 11) is 0. The van der Waals surface area contributed by atoms with Gasteiger partial charge in [-0.2, -0.15) is 5.26 Å². The molecule has 0 aromatic heterocycles. The van der Waals surface area contributed by atoms with E-state index in [0.717, 1.165) is 10.0 Å². The van der Waals surface area contributed by atoms with E-state index in [1.807, 2.05) is 12.1 Å². The summed E-state index contributed by atoms with van der Waals surface area (Å²) in [5, 5.41) is 12.6. The minimum Gasteiger partial charge on any atom is -0.321 e. The van der Waals surface area contributed by atoms with Crippen LogP contribution in [0, 0.1) is 17.1 Å². The van der Waals surface area contributed by atoms with Crippen LogP contribution in [0.4, 0.5) is 10.1 Å². The second-order valence-corrected chi connectivity index (χ2v) is 7.54. The molecule has 29 heavy (non-hydrogen) atoms. The fourth-order valence-corrected chi connectivity index (χ4v) is 3.35. The zero-order valence-corrected chi connectivity index (χ0v) is 17.5. The zero-order chi connectivity index (χ0) is 20.8. The molecule has 0 fully saturated rings. The number of hydrogen-bond acceptors (Lipinski definition) is 2. The number of nitriles is 1. The van der Waals surface area contributed by atoms with Crippen LogP contribution in [0.1, 0.15) is 16.7 Å². The van der Waals surface area contributed by atoms with Gasteiger partial charge in [-0.25, -0.2) is 4.39 Å². The van der Waals surface area contributed by atoms with Gasteiger partial charge in [0, 0.05) is 21.6 Å². The molecule has 0 aliphatic rings. The van der Waals surface area contributed by atoms with Crippen LogP contribution < -0.4 is 5.32 Å². The summed E-state index contributed by atoms with van der Waals surface area (Å²) in [6, 6.07) is 20.6. The van der Waals surface area contributed by atoms with E-state index in [-0.39, 0.29) is 11.4 Å². The Bertz CT molecular complexity index is 1120. The van der Waals surface area contributed by atoms with E-state index in [0.29, 0.717) is 28.3 Å². The lowest BCUT2D eigenvalue weighted by molar-refractivity contribution is -0.112. The molecule has 3 rings (SSSR count). The molecular formula is C23H15BrClFN2O. The molecule has 3 aromatic rings. The molecule has 0 heterocycles. The highest BCUT2D eigenvalue weighted by atomic mass is 79.9. The normalized spacial score (nSPS) is 11.0. The third kappa shape index (κ3) is 5.54. The summed E-state index contributed by atoms with van der Waals surface area (Å²) in [4.78, 5) is 12.4. The molecule has 144 valence electrons. The minimum absolute atomic E-state index is 0.0336. The number of benzene rings is 3. The third-order valence-corrected chi connectivity index (χ3v) is 5.18. The Morgan fingerprint density at radius 3 is 2.48 bits per heavy atom. The van der Waals surface area contributed by atoms with Crippen LogP contribution in [0.15, 0.2) is 76.8 Å². The monoisotopic (exact) mass is 468 g/mol. The van der Waals surface area contributed by atoms with Crippen LogP contribution in [-0.4, -0.2) is 5.91 Å². The molecule has 0 aliphatic carbocycles. The highest BCUT2D eigenvalue weighted by Gasteiger charge is 2.11. The van der Waals surface area contributed by atoms with Crippen molar-refractivity contribution < 1.29 is 9.18 Å². The Morgan fingerprint density at radius 2 is 1.83 bits per heavy atom. The standard InChI is InChI=1S/C23H15BrClFN2O/c24-21-12-15(5-6-16(21)13-17-3-1-2-4-22(17)26)11-18(14-27)23(29)28-20-9-7-19(25)8-10-20/h1-12H,13H2,(H,28,29)/b18-11+. The molecule has 0 bridgehead atoms. The van der Waals surface area contributed by atoms with Gasteiger partial charge < -0.3 is 5.32 Å². The first-order valence-electron chi connectivity index (χ1n) is 8.67. The highest BCUT2D eigenvalue weighted by Crippen LogP contribution is 2.24. The average molecular weight is 470 g/mol. The van der Waals surface area contributed by atoms with E-state index in [2.05, 4.69) is 21.2 Å². The summed E-state index contributed by atoms with van der Waals surface area (Å²) < 4.78 is 14.6. The first kappa shape index (κ1) is 20.8. The van der Waals surface area contributed by atoms with Crippen molar-refractivity contribution in [1.82, 2.24) is 0 Å². The summed E-state index contributed by atoms with van der Waals surface area (Å²) >= 11 is 9.32. The molecule has 0 saturated heterocycles. The highest BCUT2D eigenvalue weighted by molar-refractivity contribution is 9.10. The fraction of sp³-hybridized carbons (Fsp3) is 0.0435. The van der Waals surface area contributed by atoms with Gasteiger partial charge in [0.1, 0.15) is 17.5 Å². The van der Waals surface area contributed by atoms with E-state index in [4.69, 9.17) is 11.6 Å². The number of nitrogens with one attached hydrogen (secondary N) is 1. The van der Waals surface area contributed by atoms with Crippen LogP contribution in [-0.2, 0) is 11.2 Å². The number of hydrogen-bond donors (Lipinski definition) is 1. The number of rotatable bonds is 5. The molecule has 1 N–H and O–H groups in total. The predicted molar refractivity (Wildman–Crippen MR) is 117 cm³/mol. The van der Waals surface area contributed by atoms with E-state index < -0.39 is 5.91 Å². The van der Waals surface area contributed by atoms with Gasteiger partial charge in [0.25, 0.3) is 5.91 Å². The van der Waals surface area contributed by atoms with Gasteiger partial charge in [-0.05, 0) is 59.2 Å². The smallest absolute Gasteiger partial charge is 0.266 e. The van der Waals surface area contributed by atoms with E-state index in [1.54, 1.807) is 54.6 Å². The van der Waals surface area contributed by atoms with Gasteiger partial charge in [0.2, 0.25) is 0 Å². The van der Waals surface area contributed by atoms with Crippen LogP contribution >= 0.6 is 27.5 Å². The maximum Gasteiger partial charge on any atom is 0.266 e. The van der Waals surface area contributed by atoms with Gasteiger partial charge in [0.05, 0.1) is 0 Å². The van der Waals surface area contributed by atoms with Crippen molar-refractivity contribution in [2.75, 3.05) is 5.32 Å². The molecule has 6 heteroatoms. The summed E-state index contributed by atoms with van der Waals surface area (Å²) in [6.07, 6.45) is 1.93. The molecule has 3 nitrogen and oxygen atoms in total. The third-order valence-electron chi connectivity index (χ3n) is 4.19. The van der Waals surface area contributed by atoms with Gasteiger partial charge in [0.15, 0.2) is 0 Å². The van der Waals surface area contributed by atoms with Crippen molar-refractivity contribution in [2.45, 2.75) is 6.42 Å². The van der Waals surface area contributed by atoms with E-state index >= 15 is 0 Å². The van der Waals surface area contributed by atoms with Crippen LogP contribution in [0.3, 0.4) is 0 Å². The second-order valence-electron chi connectivity index (χ2n) is 6.25. The summed E-state index contributed by atoms with van der Waals surface area (Å²) in [6.45, 7) is 0. The molecule has 0 radical (unpaired) electrons. The Kier molecular flexibility index (Phi) is 6.82. The Hall–Kier alpha value is -2.94. The predicted octanol–water partition coefficient (Wildman–Crippen LogP) is 6.38. The van der Waals surface area contributed by atoms with Gasteiger partial charge in [-0.15, -0.1) is 0 Å². The lowest BCUT2D eigenvalue weighted by atomic mass is 10.0. The van der Waals surface area contributed by atoms with Crippen molar-refractivity contribution in [3.63, 3.8) is 0 Å². The van der Waals surface area contributed by atoms with Gasteiger partial charge in [-0.3, -0.25) is 4.79 Å². The summed E-state index contributed by atoms with van der Waals surface area (Å²) in [5.74, 6) is -0.768. The number of nitrogens with zero attached hydrogens (tertiary/aromatic N) is 1. The number of amides is 1. The quantitative estimate of drug-likeness (QED) is 0.348. The molecular weight excluding hydrogens is 455 g/mol. The van der Waals surface area contributed by atoms with Crippen molar-refractivity contribution in [2.24, 2.45) is 0 Å². The Morgan fingerprint density at radius 1 is 1.10 bits per heavy atom. The maximum atomic E-state index is 13.9. The van der Waals surface area contributed by atoms with E-state index in [9.17, 15) is 14.4 Å². The fourth-order valence-electron chi connectivity index (χ4n) is 2.69. The molecule has 0 saturated carbocycles. The van der Waals surface area contributed by atoms with Crippen LogP contribution in [0.5, 0.6) is 0 Å². The molecule has 3 aromatic carbocycles. The molecule has 0 aliphatic heterocycles. The number of anilines is 1. The first-order valence-corrected chi connectivity index (χ1v) is 9.84. The molecule has 0 atom stereocenters. The maximum absolute atomic E-state index is 13.9. The second kappa shape index (κ2) is 9.51. The molecule has 0 unspecified atom stereocenters. The zero-order valence-electron chi connectivity index (χ0n) is 15.1. The van der Waals surface area contributed by atoms with Crippen molar-refractivity contribution in [3.05, 3.63) is 104 Å². The van der Waals surface area contributed by atoms with Crippen LogP contribution in [0.25, 0.3) is 6.08 Å². The first-order chi connectivity index (χ1) is 14.0. The topological polar surface area (TPSA) is 52.9 Å². The van der Waals surface area contributed by atoms with Crippen molar-refractivity contribution >= 4 is 45.2 Å². The number of halogens is 3. The average Bonchev–Trinajstić information content (AvgIpc) is 2.71. The summed E-state index contributed by atoms with van der Waals surface area (Å²) in [5.41, 5.74) is 2.68. The lowest BCUT2D eigenvalue weighted by Gasteiger charge is -2.08. The van der Waals surface area contributed by atoms with Gasteiger partial charge >= 0.3 is 0 Å². The SMILES string of the molecule is N#C/C(=C\c1ccc(Cc2ccccc2F)c(Br)c1)C(=O)Nc1ccc(Cl)cc1. The molecule has 0 spiro atoms. The number of carbonyl (C=O) groups is 1. The van der Waals surface area contributed by atoms with Gasteiger partial charge in [-0.1, -0.05) is 57.9 Å². The van der Waals surface area contributed by atoms with Crippen LogP contribution in [0.2, 0.25) is 5.02 Å². The van der Waals surface area contributed by atoms with Crippen molar-refractivity contribution in [3.8, 4) is 6.07 Å². The minimum atomic E-state index is -0.513. The Balaban J connectivity index is 1.78. The largest absolute Gasteiger partial charge is 0.321 e. The van der Waals surface area contributed by atoms with E-state index in [1.165, 1.54) is 12.1 Å². The Labute approximate surface area is 181 Å². The number of carbonyl (C=O) groups excluding carboxylic acids is 1. The van der Waals surface area contributed by atoms with Crippen molar-refractivity contribution in [1.29, 1.82) is 5.26 Å². The lowest BCUT2D eigenvalue weighted by Crippen LogP contribution is -2.13.